The molecule has 8 heteroatoms. The predicted octanol–water partition coefficient (Wildman–Crippen LogP) is 1.45. The molecule has 23 heavy (non-hydrogen) atoms. The number of aliphatic hydroxyl groups excluding tert-OH is 1. The van der Waals surface area contributed by atoms with Crippen LogP contribution in [0.1, 0.15) is 12.5 Å². The first-order valence-corrected chi connectivity index (χ1v) is 7.29. The van der Waals surface area contributed by atoms with Crippen LogP contribution in [0, 0.1) is 5.82 Å². The Morgan fingerprint density at radius 1 is 1.30 bits per heavy atom. The maximum atomic E-state index is 13.7. The summed E-state index contributed by atoms with van der Waals surface area (Å²) in [6.45, 7) is 0.973. The number of alkyl halides is 2. The second-order valence-electron chi connectivity index (χ2n) is 5.42. The Morgan fingerprint density at radius 3 is 2.48 bits per heavy atom. The lowest BCUT2D eigenvalue weighted by Crippen LogP contribution is -2.50. The number of halogens is 3. The van der Waals surface area contributed by atoms with Gasteiger partial charge in [0.15, 0.2) is 11.6 Å². The summed E-state index contributed by atoms with van der Waals surface area (Å²) in [4.78, 5) is 15.3. The van der Waals surface area contributed by atoms with E-state index in [4.69, 9.17) is 0 Å². The van der Waals surface area contributed by atoms with Crippen LogP contribution < -0.4 is 4.74 Å². The Labute approximate surface area is 132 Å². The molecule has 0 bridgehead atoms. The molecule has 5 nitrogen and oxygen atoms in total. The van der Waals surface area contributed by atoms with Crippen LogP contribution in [0.4, 0.5) is 13.2 Å². The van der Waals surface area contributed by atoms with E-state index in [1.165, 1.54) is 25.1 Å². The average molecular weight is 332 g/mol. The molecule has 0 spiro atoms. The van der Waals surface area contributed by atoms with E-state index in [0.717, 1.165) is 0 Å². The van der Waals surface area contributed by atoms with Crippen LogP contribution in [0.5, 0.6) is 5.75 Å². The van der Waals surface area contributed by atoms with Crippen molar-refractivity contribution >= 4 is 5.91 Å². The lowest BCUT2D eigenvalue weighted by molar-refractivity contribution is -0.141. The molecule has 1 fully saturated rings. The van der Waals surface area contributed by atoms with Crippen molar-refractivity contribution in [3.8, 4) is 5.75 Å². The molecule has 0 saturated carbocycles. The molecule has 1 atom stereocenters. The van der Waals surface area contributed by atoms with Crippen LogP contribution in [0.3, 0.4) is 0 Å². The van der Waals surface area contributed by atoms with Gasteiger partial charge in [-0.25, -0.2) is 4.39 Å². The van der Waals surface area contributed by atoms with Crippen LogP contribution in [0.2, 0.25) is 0 Å². The third kappa shape index (κ3) is 4.84. The number of piperazine rings is 1. The van der Waals surface area contributed by atoms with Gasteiger partial charge in [0.2, 0.25) is 0 Å². The highest BCUT2D eigenvalue weighted by Crippen LogP contribution is 2.21. The SMILES string of the molecule is CC(O)C(=O)N1CCN(Cc2ccc(OC(F)F)c(F)c2)CC1. The highest BCUT2D eigenvalue weighted by Gasteiger charge is 2.23. The molecule has 1 aliphatic heterocycles. The molecular weight excluding hydrogens is 313 g/mol. The van der Waals surface area contributed by atoms with Gasteiger partial charge < -0.3 is 14.7 Å². The van der Waals surface area contributed by atoms with Crippen molar-refractivity contribution in [3.63, 3.8) is 0 Å². The Hall–Kier alpha value is -1.80. The normalized spacial score (nSPS) is 17.4. The zero-order valence-electron chi connectivity index (χ0n) is 12.7. The number of nitrogens with zero attached hydrogens (tertiary/aromatic N) is 2. The fourth-order valence-corrected chi connectivity index (χ4v) is 2.48. The Bertz CT molecular complexity index is 547. The van der Waals surface area contributed by atoms with E-state index in [1.807, 2.05) is 4.90 Å². The van der Waals surface area contributed by atoms with Crippen molar-refractivity contribution in [1.29, 1.82) is 0 Å². The van der Waals surface area contributed by atoms with Crippen molar-refractivity contribution < 1.29 is 27.8 Å². The number of rotatable bonds is 5. The largest absolute Gasteiger partial charge is 0.432 e. The summed E-state index contributed by atoms with van der Waals surface area (Å²) in [6, 6.07) is 3.89. The minimum absolute atomic E-state index is 0.302. The van der Waals surface area contributed by atoms with Crippen LogP contribution >= 0.6 is 0 Å². The van der Waals surface area contributed by atoms with Crippen molar-refractivity contribution in [3.05, 3.63) is 29.6 Å². The van der Waals surface area contributed by atoms with E-state index in [1.54, 1.807) is 4.90 Å². The zero-order valence-corrected chi connectivity index (χ0v) is 12.7. The molecule has 0 aliphatic carbocycles. The monoisotopic (exact) mass is 332 g/mol. The van der Waals surface area contributed by atoms with Gasteiger partial charge in [-0.05, 0) is 24.6 Å². The minimum Gasteiger partial charge on any atom is -0.432 e. The average Bonchev–Trinajstić information content (AvgIpc) is 2.49. The van der Waals surface area contributed by atoms with Gasteiger partial charge in [0, 0.05) is 32.7 Å². The number of aliphatic hydroxyl groups is 1. The predicted molar refractivity (Wildman–Crippen MR) is 76.6 cm³/mol. The summed E-state index contributed by atoms with van der Waals surface area (Å²) in [6.07, 6.45) is -1.02. The quantitative estimate of drug-likeness (QED) is 0.887. The number of carbonyl (C=O) groups excluding carboxylic acids is 1. The maximum absolute atomic E-state index is 13.7. The van der Waals surface area contributed by atoms with Gasteiger partial charge in [-0.15, -0.1) is 0 Å². The van der Waals surface area contributed by atoms with Crippen molar-refractivity contribution in [2.75, 3.05) is 26.2 Å². The summed E-state index contributed by atoms with van der Waals surface area (Å²) in [7, 11) is 0. The number of benzene rings is 1. The molecule has 1 aromatic rings. The highest BCUT2D eigenvalue weighted by atomic mass is 19.3. The first-order chi connectivity index (χ1) is 10.9. The van der Waals surface area contributed by atoms with Gasteiger partial charge in [-0.3, -0.25) is 9.69 Å². The van der Waals surface area contributed by atoms with E-state index in [9.17, 15) is 23.1 Å². The van der Waals surface area contributed by atoms with E-state index < -0.39 is 24.3 Å². The smallest absolute Gasteiger partial charge is 0.387 e. The second-order valence-corrected chi connectivity index (χ2v) is 5.42. The standard InChI is InChI=1S/C15H19F3N2O3/c1-10(21)14(22)20-6-4-19(5-7-20)9-11-2-3-13(12(16)8-11)23-15(17)18/h2-3,8,10,15,21H,4-7,9H2,1H3. The maximum Gasteiger partial charge on any atom is 0.387 e. The summed E-state index contributed by atoms with van der Waals surface area (Å²) >= 11 is 0. The van der Waals surface area contributed by atoms with E-state index in [-0.39, 0.29) is 5.91 Å². The second kappa shape index (κ2) is 7.65. The molecule has 0 radical (unpaired) electrons. The lowest BCUT2D eigenvalue weighted by atomic mass is 10.1. The van der Waals surface area contributed by atoms with Crippen LogP contribution in [0.15, 0.2) is 18.2 Å². The van der Waals surface area contributed by atoms with Crippen LogP contribution in [0.25, 0.3) is 0 Å². The van der Waals surface area contributed by atoms with Crippen molar-refractivity contribution in [1.82, 2.24) is 9.80 Å². The first kappa shape index (κ1) is 17.6. The first-order valence-electron chi connectivity index (χ1n) is 7.29. The number of ether oxygens (including phenoxy) is 1. The molecule has 1 aliphatic rings. The minimum atomic E-state index is -3.06. The topological polar surface area (TPSA) is 53.0 Å². The highest BCUT2D eigenvalue weighted by molar-refractivity contribution is 5.80. The van der Waals surface area contributed by atoms with Gasteiger partial charge in [0.1, 0.15) is 6.10 Å². The molecule has 1 unspecified atom stereocenters. The van der Waals surface area contributed by atoms with Crippen LogP contribution in [-0.2, 0) is 11.3 Å². The van der Waals surface area contributed by atoms with E-state index in [2.05, 4.69) is 4.74 Å². The molecule has 1 amide bonds. The van der Waals surface area contributed by atoms with Gasteiger partial charge in [-0.1, -0.05) is 6.07 Å². The van der Waals surface area contributed by atoms with Crippen LogP contribution in [-0.4, -0.2) is 59.7 Å². The molecule has 1 N–H and O–H groups in total. The summed E-state index contributed by atoms with van der Waals surface area (Å²) in [5.41, 5.74) is 0.638. The third-order valence-corrected chi connectivity index (χ3v) is 3.66. The lowest BCUT2D eigenvalue weighted by Gasteiger charge is -2.35. The molecule has 2 rings (SSSR count). The Kier molecular flexibility index (Phi) is 5.84. The fourth-order valence-electron chi connectivity index (χ4n) is 2.48. The summed E-state index contributed by atoms with van der Waals surface area (Å²) in [5, 5.41) is 9.28. The fraction of sp³-hybridized carbons (Fsp3) is 0.533. The van der Waals surface area contributed by atoms with Gasteiger partial charge in [0.05, 0.1) is 0 Å². The van der Waals surface area contributed by atoms with Gasteiger partial charge in [-0.2, -0.15) is 8.78 Å². The number of amides is 1. The third-order valence-electron chi connectivity index (χ3n) is 3.66. The summed E-state index contributed by atoms with van der Waals surface area (Å²) in [5.74, 6) is -1.61. The van der Waals surface area contributed by atoms with E-state index >= 15 is 0 Å². The number of hydrogen-bond donors (Lipinski definition) is 1. The van der Waals surface area contributed by atoms with Crippen molar-refractivity contribution in [2.45, 2.75) is 26.2 Å². The molecule has 1 heterocycles. The molecular formula is C15H19F3N2O3. The summed E-state index contributed by atoms with van der Waals surface area (Å²) < 4.78 is 41.9. The molecule has 1 saturated heterocycles. The number of hydrogen-bond acceptors (Lipinski definition) is 4. The van der Waals surface area contributed by atoms with E-state index in [0.29, 0.717) is 38.3 Å². The molecule has 1 aromatic carbocycles. The Balaban J connectivity index is 1.89. The zero-order chi connectivity index (χ0) is 17.0. The molecule has 128 valence electrons. The number of carbonyl (C=O) groups is 1. The van der Waals surface area contributed by atoms with Crippen molar-refractivity contribution in [2.24, 2.45) is 0 Å². The van der Waals surface area contributed by atoms with Gasteiger partial charge >= 0.3 is 6.61 Å². The molecule has 0 aromatic heterocycles. The van der Waals surface area contributed by atoms with Gasteiger partial charge in [0.25, 0.3) is 5.91 Å². The Morgan fingerprint density at radius 2 is 1.96 bits per heavy atom.